The summed E-state index contributed by atoms with van der Waals surface area (Å²) < 4.78 is 9.43. The Kier molecular flexibility index (Phi) is 1.72. The molecule has 0 aromatic carbocycles. The van der Waals surface area contributed by atoms with E-state index in [0.717, 1.165) is 0 Å². The van der Waals surface area contributed by atoms with Crippen molar-refractivity contribution in [2.45, 2.75) is 19.0 Å². The number of rotatable bonds is 0. The minimum Gasteiger partial charge on any atom is -0.368 e. The molecule has 1 saturated heterocycles. The molecule has 0 aliphatic carbocycles. The highest BCUT2D eigenvalue weighted by atomic mass is 16.8. The Morgan fingerprint density at radius 3 is 2.56 bits per heavy atom. The average Bonchev–Trinajstić information content (AvgIpc) is 1.78. The van der Waals surface area contributed by atoms with Gasteiger partial charge in [0.2, 0.25) is 0 Å². The van der Waals surface area contributed by atoms with Gasteiger partial charge in [-0.25, -0.2) is 0 Å². The zero-order valence-corrected chi connectivity index (χ0v) is 5.20. The predicted octanol–water partition coefficient (Wildman–Crippen LogP) is -0.940. The predicted molar refractivity (Wildman–Crippen MR) is 28.5 cm³/mol. The van der Waals surface area contributed by atoms with Crippen LogP contribution < -0.4 is 0 Å². The van der Waals surface area contributed by atoms with E-state index in [9.17, 15) is 0 Å². The van der Waals surface area contributed by atoms with Crippen LogP contribution in [0.1, 0.15) is 6.92 Å². The Morgan fingerprint density at radius 1 is 1.56 bits per heavy atom. The highest BCUT2D eigenvalue weighted by Gasteiger charge is 2.30. The molecule has 1 unspecified atom stereocenters. The van der Waals surface area contributed by atoms with Crippen molar-refractivity contribution in [3.63, 3.8) is 0 Å². The zero-order chi connectivity index (χ0) is 6.91. The van der Waals surface area contributed by atoms with Crippen LogP contribution in [0, 0.1) is 0 Å². The van der Waals surface area contributed by atoms with Gasteiger partial charge in [0.1, 0.15) is 6.61 Å². The first-order valence-electron chi connectivity index (χ1n) is 2.80. The molecule has 0 aromatic rings. The Balaban J connectivity index is 2.35. The first-order chi connectivity index (χ1) is 4.10. The van der Waals surface area contributed by atoms with Crippen molar-refractivity contribution in [1.82, 2.24) is 0 Å². The third kappa shape index (κ3) is 1.91. The van der Waals surface area contributed by atoms with Crippen molar-refractivity contribution in [1.29, 1.82) is 0 Å². The fraction of sp³-hybridized carbons (Fsp3) is 1.00. The van der Waals surface area contributed by atoms with Gasteiger partial charge in [-0.15, -0.1) is 0 Å². The second kappa shape index (κ2) is 2.22. The lowest BCUT2D eigenvalue weighted by molar-refractivity contribution is -0.388. The van der Waals surface area contributed by atoms with Crippen molar-refractivity contribution in [2.24, 2.45) is 0 Å². The SMILES string of the molecule is CC1COC(O)(O)CO1. The van der Waals surface area contributed by atoms with Gasteiger partial charge in [0.15, 0.2) is 0 Å². The van der Waals surface area contributed by atoms with Crippen molar-refractivity contribution in [2.75, 3.05) is 13.2 Å². The van der Waals surface area contributed by atoms with Crippen LogP contribution >= 0.6 is 0 Å². The van der Waals surface area contributed by atoms with E-state index in [0.29, 0.717) is 0 Å². The van der Waals surface area contributed by atoms with E-state index < -0.39 is 5.97 Å². The fourth-order valence-corrected chi connectivity index (χ4v) is 0.591. The van der Waals surface area contributed by atoms with Crippen LogP contribution in [0.4, 0.5) is 0 Å². The molecule has 1 aliphatic rings. The Hall–Kier alpha value is -0.160. The van der Waals surface area contributed by atoms with Crippen LogP contribution in [0.5, 0.6) is 0 Å². The van der Waals surface area contributed by atoms with Gasteiger partial charge in [-0.2, -0.15) is 0 Å². The molecule has 1 aliphatic heterocycles. The summed E-state index contributed by atoms with van der Waals surface area (Å²) in [4.78, 5) is 0. The summed E-state index contributed by atoms with van der Waals surface area (Å²) in [5.41, 5.74) is 0. The van der Waals surface area contributed by atoms with E-state index >= 15 is 0 Å². The van der Waals surface area contributed by atoms with Gasteiger partial charge in [-0.05, 0) is 6.92 Å². The number of hydrogen-bond acceptors (Lipinski definition) is 4. The number of aliphatic hydroxyl groups is 2. The summed E-state index contributed by atoms with van der Waals surface area (Å²) in [5.74, 6) is -2.06. The van der Waals surface area contributed by atoms with Gasteiger partial charge in [0, 0.05) is 0 Å². The van der Waals surface area contributed by atoms with Gasteiger partial charge in [0.25, 0.3) is 0 Å². The lowest BCUT2D eigenvalue weighted by Gasteiger charge is -2.29. The summed E-state index contributed by atoms with van der Waals surface area (Å²) in [5, 5.41) is 17.4. The van der Waals surface area contributed by atoms with Crippen molar-refractivity contribution in [3.8, 4) is 0 Å². The maximum absolute atomic E-state index is 8.70. The quantitative estimate of drug-likeness (QED) is 0.420. The monoisotopic (exact) mass is 134 g/mol. The van der Waals surface area contributed by atoms with Gasteiger partial charge in [-0.1, -0.05) is 0 Å². The van der Waals surface area contributed by atoms with Crippen LogP contribution in [0.3, 0.4) is 0 Å². The van der Waals surface area contributed by atoms with E-state index in [1.54, 1.807) is 6.92 Å². The molecule has 1 atom stereocenters. The van der Waals surface area contributed by atoms with E-state index in [2.05, 4.69) is 4.74 Å². The Morgan fingerprint density at radius 2 is 2.22 bits per heavy atom. The second-order valence-corrected chi connectivity index (χ2v) is 2.18. The van der Waals surface area contributed by atoms with Gasteiger partial charge in [0.05, 0.1) is 12.7 Å². The minimum atomic E-state index is -2.06. The van der Waals surface area contributed by atoms with E-state index in [4.69, 9.17) is 14.9 Å². The molecule has 1 fully saturated rings. The molecule has 9 heavy (non-hydrogen) atoms. The molecule has 0 spiro atoms. The molecule has 4 nitrogen and oxygen atoms in total. The molecule has 4 heteroatoms. The molecule has 2 N–H and O–H groups in total. The average molecular weight is 134 g/mol. The van der Waals surface area contributed by atoms with E-state index in [1.165, 1.54) is 0 Å². The second-order valence-electron chi connectivity index (χ2n) is 2.18. The maximum Gasteiger partial charge on any atom is 0.302 e. The summed E-state index contributed by atoms with van der Waals surface area (Å²) in [6, 6.07) is 0. The Labute approximate surface area is 53.0 Å². The summed E-state index contributed by atoms with van der Waals surface area (Å²) in [6.07, 6.45) is -0.0441. The van der Waals surface area contributed by atoms with Gasteiger partial charge in [-0.3, -0.25) is 0 Å². The summed E-state index contributed by atoms with van der Waals surface area (Å²) in [7, 11) is 0. The smallest absolute Gasteiger partial charge is 0.302 e. The Bertz CT molecular complexity index is 91.1. The molecule has 1 heterocycles. The number of hydrogen-bond donors (Lipinski definition) is 2. The fourth-order valence-electron chi connectivity index (χ4n) is 0.591. The molecule has 0 radical (unpaired) electrons. The lowest BCUT2D eigenvalue weighted by Crippen LogP contribution is -2.45. The van der Waals surface area contributed by atoms with Crippen LogP contribution in [0.2, 0.25) is 0 Å². The van der Waals surface area contributed by atoms with Crippen LogP contribution in [-0.4, -0.2) is 35.5 Å². The van der Waals surface area contributed by atoms with E-state index in [1.807, 2.05) is 0 Å². The van der Waals surface area contributed by atoms with Crippen molar-refractivity contribution < 1.29 is 19.7 Å². The molecular weight excluding hydrogens is 124 g/mol. The van der Waals surface area contributed by atoms with Crippen molar-refractivity contribution in [3.05, 3.63) is 0 Å². The molecule has 0 amide bonds. The molecule has 0 bridgehead atoms. The third-order valence-electron chi connectivity index (χ3n) is 1.11. The first kappa shape index (κ1) is 6.95. The standard InChI is InChI=1S/C5H10O4/c1-4-2-9-5(6,7)3-8-4/h4,6-7H,2-3H2,1H3. The lowest BCUT2D eigenvalue weighted by atomic mass is 10.4. The molecule has 54 valence electrons. The topological polar surface area (TPSA) is 58.9 Å². The van der Waals surface area contributed by atoms with Gasteiger partial charge >= 0.3 is 5.97 Å². The summed E-state index contributed by atoms with van der Waals surface area (Å²) in [6.45, 7) is 1.86. The van der Waals surface area contributed by atoms with Crippen molar-refractivity contribution >= 4 is 0 Å². The van der Waals surface area contributed by atoms with Gasteiger partial charge < -0.3 is 19.7 Å². The molecule has 0 aromatic heterocycles. The van der Waals surface area contributed by atoms with E-state index in [-0.39, 0.29) is 19.3 Å². The van der Waals surface area contributed by atoms with Crippen LogP contribution in [0.15, 0.2) is 0 Å². The normalized spacial score (nSPS) is 34.3. The maximum atomic E-state index is 8.70. The minimum absolute atomic E-state index is 0.0441. The van der Waals surface area contributed by atoms with Crippen LogP contribution in [-0.2, 0) is 9.47 Å². The highest BCUT2D eigenvalue weighted by Crippen LogP contribution is 2.11. The zero-order valence-electron chi connectivity index (χ0n) is 5.20. The molecule has 1 rings (SSSR count). The van der Waals surface area contributed by atoms with Crippen LogP contribution in [0.25, 0.3) is 0 Å². The number of ether oxygens (including phenoxy) is 2. The summed E-state index contributed by atoms with van der Waals surface area (Å²) >= 11 is 0. The third-order valence-corrected chi connectivity index (χ3v) is 1.11. The molecular formula is C5H10O4. The first-order valence-corrected chi connectivity index (χ1v) is 2.80. The highest BCUT2D eigenvalue weighted by molar-refractivity contribution is 4.59. The molecule has 0 saturated carbocycles. The largest absolute Gasteiger partial charge is 0.368 e.